The number of nitrogens with one attached hydrogen (secondary N) is 2. The highest BCUT2D eigenvalue weighted by Crippen LogP contribution is 2.45. The number of anilines is 1. The van der Waals surface area contributed by atoms with Crippen LogP contribution in [0, 0.1) is 13.8 Å². The average molecular weight is 654 g/mol. The van der Waals surface area contributed by atoms with Crippen LogP contribution in [-0.4, -0.2) is 80.8 Å². The summed E-state index contributed by atoms with van der Waals surface area (Å²) in [5, 5.41) is 50.6. The Hall–Kier alpha value is -3.76. The maximum Gasteiger partial charge on any atom is 0.469 e. The van der Waals surface area contributed by atoms with Gasteiger partial charge in [-0.05, 0) is 57.6 Å². The van der Waals surface area contributed by atoms with Crippen molar-refractivity contribution in [1.29, 1.82) is 0 Å². The predicted molar refractivity (Wildman–Crippen MR) is 165 cm³/mol. The Bertz CT molecular complexity index is 2110. The van der Waals surface area contributed by atoms with Crippen molar-refractivity contribution < 1.29 is 44.0 Å². The second kappa shape index (κ2) is 11.2. The molecule has 242 valence electrons. The molecule has 2 aromatic heterocycles. The average Bonchev–Trinajstić information content (AvgIpc) is 3.62. The number of phosphoric ester groups is 1. The summed E-state index contributed by atoms with van der Waals surface area (Å²) in [4.78, 5) is 42.5. The van der Waals surface area contributed by atoms with E-state index in [0.29, 0.717) is 11.1 Å². The number of aliphatic hydroxyl groups is 4. The van der Waals surface area contributed by atoms with Gasteiger partial charge in [-0.25, -0.2) is 9.55 Å². The number of benzene rings is 3. The number of aliphatic hydroxyl groups excluding tert-OH is 4. The number of ether oxygens (including phenoxy) is 1. The molecular weight excluding hydrogens is 621 g/mol. The molecule has 1 aliphatic heterocycles. The second-order valence-electron chi connectivity index (χ2n) is 11.8. The van der Waals surface area contributed by atoms with Crippen molar-refractivity contribution in [2.75, 3.05) is 11.9 Å². The van der Waals surface area contributed by atoms with E-state index < -0.39 is 62.8 Å². The van der Waals surface area contributed by atoms with E-state index in [1.807, 2.05) is 44.2 Å². The van der Waals surface area contributed by atoms with Gasteiger partial charge in [-0.15, -0.1) is 0 Å². The Morgan fingerprint density at radius 2 is 1.76 bits per heavy atom. The molecule has 7 atom stereocenters. The zero-order chi connectivity index (χ0) is 32.7. The van der Waals surface area contributed by atoms with Crippen LogP contribution in [0.1, 0.15) is 47.0 Å². The molecule has 1 aliphatic carbocycles. The Labute approximate surface area is 260 Å². The largest absolute Gasteiger partial charge is 0.469 e. The first-order valence-electron chi connectivity index (χ1n) is 14.6. The predicted octanol–water partition coefficient (Wildman–Crippen LogP) is 1.72. The van der Waals surface area contributed by atoms with Crippen LogP contribution in [0.25, 0.3) is 32.7 Å². The van der Waals surface area contributed by atoms with Crippen LogP contribution in [0.15, 0.2) is 47.5 Å². The van der Waals surface area contributed by atoms with Crippen LogP contribution >= 0.6 is 7.82 Å². The number of H-pyrrole nitrogens is 1. The highest BCUT2D eigenvalue weighted by Gasteiger charge is 2.43. The maximum absolute atomic E-state index is 13.2. The van der Waals surface area contributed by atoms with Crippen LogP contribution in [-0.2, 0) is 13.8 Å². The first-order chi connectivity index (χ1) is 21.8. The molecule has 1 saturated heterocycles. The molecule has 2 aliphatic rings. The van der Waals surface area contributed by atoms with E-state index in [1.54, 1.807) is 6.07 Å². The minimum Gasteiger partial charge on any atom is -0.390 e. The van der Waals surface area contributed by atoms with Crippen molar-refractivity contribution in [2.24, 2.45) is 0 Å². The molecular formula is C30H32N5O10P. The van der Waals surface area contributed by atoms with E-state index in [1.165, 1.54) is 10.9 Å². The topological polar surface area (TPSA) is 233 Å². The molecule has 46 heavy (non-hydrogen) atoms. The van der Waals surface area contributed by atoms with Gasteiger partial charge in [-0.1, -0.05) is 36.4 Å². The third-order valence-corrected chi connectivity index (χ3v) is 9.57. The molecule has 3 heterocycles. The van der Waals surface area contributed by atoms with Gasteiger partial charge in [0.05, 0.1) is 25.1 Å². The van der Waals surface area contributed by atoms with E-state index in [-0.39, 0.29) is 23.5 Å². The highest BCUT2D eigenvalue weighted by atomic mass is 31.2. The number of aromatic amines is 1. The van der Waals surface area contributed by atoms with Gasteiger partial charge in [0, 0.05) is 6.42 Å². The zero-order valence-corrected chi connectivity index (χ0v) is 25.5. The van der Waals surface area contributed by atoms with Gasteiger partial charge in [0.15, 0.2) is 11.2 Å². The van der Waals surface area contributed by atoms with Crippen molar-refractivity contribution in [3.05, 3.63) is 75.3 Å². The zero-order valence-electron chi connectivity index (χ0n) is 24.6. The fraction of sp³-hybridized carbons (Fsp3) is 0.367. The van der Waals surface area contributed by atoms with E-state index in [0.717, 1.165) is 32.7 Å². The number of rotatable bonds is 6. The maximum atomic E-state index is 13.2. The molecule has 0 amide bonds. The number of aryl methyl sites for hydroxylation is 2. The van der Waals surface area contributed by atoms with Crippen LogP contribution in [0.4, 0.5) is 5.95 Å². The summed E-state index contributed by atoms with van der Waals surface area (Å²) in [5.41, 5.74) is 2.32. The SMILES string of the molecule is Cc1c2ccccc2c(C)c2c3c(ccc12)[C@@H](O)[C@H](O)[C@H](O)[C@H]3Nc1nc2c(ncn2C2CC(O)C(COP(=O)(O)O)O2)c(=O)[nH]1. The molecule has 3 aromatic carbocycles. The summed E-state index contributed by atoms with van der Waals surface area (Å²) >= 11 is 0. The summed E-state index contributed by atoms with van der Waals surface area (Å²) < 4.78 is 22.8. The number of fused-ring (bicyclic) bond motifs is 5. The Morgan fingerprint density at radius 1 is 1.04 bits per heavy atom. The Kier molecular flexibility index (Phi) is 7.51. The minimum absolute atomic E-state index is 0.00471. The smallest absolute Gasteiger partial charge is 0.390 e. The third kappa shape index (κ3) is 5.01. The molecule has 7 rings (SSSR count). The first-order valence-corrected chi connectivity index (χ1v) is 16.1. The number of phosphoric acid groups is 1. The monoisotopic (exact) mass is 653 g/mol. The third-order valence-electron chi connectivity index (χ3n) is 9.08. The Morgan fingerprint density at radius 3 is 2.48 bits per heavy atom. The molecule has 8 N–H and O–H groups in total. The quantitative estimate of drug-likeness (QED) is 0.0965. The minimum atomic E-state index is -4.80. The van der Waals surface area contributed by atoms with Crippen molar-refractivity contribution in [3.8, 4) is 0 Å². The summed E-state index contributed by atoms with van der Waals surface area (Å²) in [5.74, 6) is -0.0649. The lowest BCUT2D eigenvalue weighted by molar-refractivity contribution is -0.0767. The van der Waals surface area contributed by atoms with Crippen LogP contribution in [0.2, 0.25) is 0 Å². The number of nitrogens with zero attached hydrogens (tertiary/aromatic N) is 3. The van der Waals surface area contributed by atoms with Crippen molar-refractivity contribution >= 4 is 46.5 Å². The molecule has 0 bridgehead atoms. The van der Waals surface area contributed by atoms with E-state index >= 15 is 0 Å². The number of hydrogen-bond acceptors (Lipinski definition) is 11. The second-order valence-corrected chi connectivity index (χ2v) is 13.0. The summed E-state index contributed by atoms with van der Waals surface area (Å²) in [6, 6.07) is 10.5. The highest BCUT2D eigenvalue weighted by molar-refractivity contribution is 7.46. The van der Waals surface area contributed by atoms with Crippen molar-refractivity contribution in [3.63, 3.8) is 0 Å². The lowest BCUT2D eigenvalue weighted by Gasteiger charge is -2.39. The summed E-state index contributed by atoms with van der Waals surface area (Å²) in [7, 11) is -4.80. The lowest BCUT2D eigenvalue weighted by atomic mass is 9.77. The van der Waals surface area contributed by atoms with Gasteiger partial charge < -0.3 is 40.3 Å². The molecule has 16 heteroatoms. The van der Waals surface area contributed by atoms with Crippen molar-refractivity contribution in [1.82, 2.24) is 19.5 Å². The van der Waals surface area contributed by atoms with Crippen molar-refractivity contribution in [2.45, 2.75) is 63.1 Å². The Balaban J connectivity index is 1.31. The fourth-order valence-electron chi connectivity index (χ4n) is 6.82. The van der Waals surface area contributed by atoms with E-state index in [2.05, 4.69) is 24.8 Å². The standard InChI is InChI=1S/C30H32N5O10P/c1-12-14-5-3-4-6-15(14)13(2)21-16(12)7-8-17-22(21)23(26(38)27(39)25(17)37)32-30-33-28-24(29(40)34-30)31-11-35(28)20-9-18(36)19(45-20)10-44-46(41,42)43/h3-8,11,18-20,23,25-27,36-39H,9-10H2,1-2H3,(H2,41,42,43)(H2,32,33,34,40)/t18?,19?,20?,23-,25+,26+,27-/m0/s1. The molecule has 5 aromatic rings. The first kappa shape index (κ1) is 30.9. The molecule has 0 saturated carbocycles. The number of imidazole rings is 1. The van der Waals surface area contributed by atoms with Gasteiger partial charge in [0.1, 0.15) is 30.6 Å². The number of hydrogen-bond donors (Lipinski definition) is 8. The van der Waals surface area contributed by atoms with Gasteiger partial charge in [-0.2, -0.15) is 4.98 Å². The molecule has 0 radical (unpaired) electrons. The van der Waals surface area contributed by atoms with Gasteiger partial charge in [0.2, 0.25) is 5.95 Å². The normalized spacial score (nSPS) is 26.7. The number of aromatic nitrogens is 4. The fourth-order valence-corrected chi connectivity index (χ4v) is 7.16. The van der Waals surface area contributed by atoms with Crippen LogP contribution in [0.5, 0.6) is 0 Å². The lowest BCUT2D eigenvalue weighted by Crippen LogP contribution is -2.45. The van der Waals surface area contributed by atoms with Gasteiger partial charge in [0.25, 0.3) is 5.56 Å². The molecule has 15 nitrogen and oxygen atoms in total. The van der Waals surface area contributed by atoms with Gasteiger partial charge in [-0.3, -0.25) is 18.9 Å². The molecule has 1 fully saturated rings. The van der Waals surface area contributed by atoms with Gasteiger partial charge >= 0.3 is 7.82 Å². The molecule has 0 spiro atoms. The molecule has 3 unspecified atom stereocenters. The summed E-state index contributed by atoms with van der Waals surface area (Å²) in [6.07, 6.45) is -6.22. The van der Waals surface area contributed by atoms with Crippen LogP contribution in [0.3, 0.4) is 0 Å². The van der Waals surface area contributed by atoms with Crippen LogP contribution < -0.4 is 10.9 Å². The summed E-state index contributed by atoms with van der Waals surface area (Å²) in [6.45, 7) is 3.40. The van der Waals surface area contributed by atoms with E-state index in [9.17, 15) is 29.8 Å². The van der Waals surface area contributed by atoms with E-state index in [4.69, 9.17) is 14.5 Å².